The number of aliphatic hydroxyl groups excluding tert-OH is 1. The van der Waals surface area contributed by atoms with Gasteiger partial charge in [0.15, 0.2) is 40.6 Å². The van der Waals surface area contributed by atoms with Gasteiger partial charge in [0.2, 0.25) is 17.3 Å². The third-order valence-corrected chi connectivity index (χ3v) is 7.36. The number of hydrogen-bond donors (Lipinski definition) is 4. The molecule has 0 aliphatic heterocycles. The van der Waals surface area contributed by atoms with Gasteiger partial charge in [0, 0.05) is 12.0 Å². The number of Topliss-reactive ketones (excluding diaryl/α,β-unsaturated/α-hetero) is 1. The van der Waals surface area contributed by atoms with E-state index in [1.807, 2.05) is 6.92 Å². The Balaban J connectivity index is -0.000000774. The molecular formula is C46H56O17. The van der Waals surface area contributed by atoms with Crippen molar-refractivity contribution in [3.8, 4) is 40.2 Å². The summed E-state index contributed by atoms with van der Waals surface area (Å²) in [5.74, 6) is 0.177. The Morgan fingerprint density at radius 3 is 1.43 bits per heavy atom. The van der Waals surface area contributed by atoms with Crippen molar-refractivity contribution in [1.29, 1.82) is 0 Å². The number of carbonyl (C=O) groups is 5. The van der Waals surface area contributed by atoms with Crippen molar-refractivity contribution in [2.24, 2.45) is 0 Å². The van der Waals surface area contributed by atoms with Gasteiger partial charge in [-0.05, 0) is 79.2 Å². The molecule has 4 aromatic rings. The topological polar surface area (TPSA) is 256 Å². The second-order valence-electron chi connectivity index (χ2n) is 11.3. The van der Waals surface area contributed by atoms with Crippen molar-refractivity contribution in [1.82, 2.24) is 0 Å². The SMILES string of the molecule is C.C.CCC(=O)O.COc1cc(C(=O)O)ccc1C.COc1ccc(C(=O)C(CO)Oc2ccccc2OC)cc1OC.COc1ccccc1O.O=C1C=CC=CC1=O.O=C=O. The number of aromatic hydroxyl groups is 1. The lowest BCUT2D eigenvalue weighted by atomic mass is 10.1. The molecule has 63 heavy (non-hydrogen) atoms. The first-order chi connectivity index (χ1) is 29.1. The van der Waals surface area contributed by atoms with E-state index in [9.17, 15) is 29.1 Å². The van der Waals surface area contributed by atoms with Crippen LogP contribution in [0.2, 0.25) is 0 Å². The van der Waals surface area contributed by atoms with Gasteiger partial charge in [-0.1, -0.05) is 64.3 Å². The summed E-state index contributed by atoms with van der Waals surface area (Å²) >= 11 is 0. The number of aryl methyl sites for hydroxylation is 1. The Kier molecular flexibility index (Phi) is 32.2. The molecule has 1 unspecified atom stereocenters. The number of aromatic carboxylic acids is 1. The predicted octanol–water partition coefficient (Wildman–Crippen LogP) is 6.86. The van der Waals surface area contributed by atoms with Crippen LogP contribution in [0.15, 0.2) is 109 Å². The number of benzene rings is 4. The second kappa shape index (κ2) is 34.0. The van der Waals surface area contributed by atoms with Crippen LogP contribution in [0.4, 0.5) is 0 Å². The number of carbonyl (C=O) groups excluding carboxylic acids is 5. The van der Waals surface area contributed by atoms with Crippen molar-refractivity contribution >= 4 is 35.4 Å². The average molecular weight is 881 g/mol. The Labute approximate surface area is 366 Å². The van der Waals surface area contributed by atoms with E-state index in [0.29, 0.717) is 40.1 Å². The van der Waals surface area contributed by atoms with Gasteiger partial charge in [-0.2, -0.15) is 9.59 Å². The van der Waals surface area contributed by atoms with Gasteiger partial charge in [0.05, 0.1) is 47.7 Å². The van der Waals surface area contributed by atoms with E-state index in [1.165, 1.54) is 53.8 Å². The minimum Gasteiger partial charge on any atom is -0.504 e. The number of methoxy groups -OCH3 is 5. The zero-order chi connectivity index (χ0) is 46.3. The maximum atomic E-state index is 12.6. The molecule has 17 nitrogen and oxygen atoms in total. The number of para-hydroxylation sites is 4. The lowest BCUT2D eigenvalue weighted by molar-refractivity contribution is -0.191. The molecule has 1 atom stereocenters. The highest BCUT2D eigenvalue weighted by Crippen LogP contribution is 2.30. The van der Waals surface area contributed by atoms with Crippen LogP contribution in [0.25, 0.3) is 0 Å². The number of aliphatic hydroxyl groups is 1. The van der Waals surface area contributed by atoms with E-state index in [2.05, 4.69) is 0 Å². The van der Waals surface area contributed by atoms with Crippen molar-refractivity contribution in [3.05, 3.63) is 126 Å². The zero-order valence-corrected chi connectivity index (χ0v) is 34.5. The fraction of sp³-hybridized carbons (Fsp3) is 0.261. The van der Waals surface area contributed by atoms with Gasteiger partial charge in [0.25, 0.3) is 0 Å². The Morgan fingerprint density at radius 1 is 0.619 bits per heavy atom. The quantitative estimate of drug-likeness (QED) is 0.0644. The van der Waals surface area contributed by atoms with Crippen molar-refractivity contribution in [2.45, 2.75) is 41.2 Å². The predicted molar refractivity (Wildman–Crippen MR) is 232 cm³/mol. The number of phenolic OH excluding ortho intramolecular Hbond substituents is 1. The summed E-state index contributed by atoms with van der Waals surface area (Å²) in [6, 6.07) is 23.3. The summed E-state index contributed by atoms with van der Waals surface area (Å²) in [5.41, 5.74) is 1.53. The number of aliphatic carboxylic acids is 1. The first-order valence-electron chi connectivity index (χ1n) is 17.6. The molecule has 342 valence electrons. The molecule has 0 saturated heterocycles. The molecular weight excluding hydrogens is 824 g/mol. The molecule has 0 heterocycles. The number of carboxylic acid groups (broad SMARTS) is 2. The van der Waals surface area contributed by atoms with Crippen LogP contribution >= 0.6 is 0 Å². The minimum absolute atomic E-state index is 0. The van der Waals surface area contributed by atoms with E-state index in [1.54, 1.807) is 97.9 Å². The van der Waals surface area contributed by atoms with E-state index in [4.69, 9.17) is 53.3 Å². The maximum Gasteiger partial charge on any atom is 0.373 e. The summed E-state index contributed by atoms with van der Waals surface area (Å²) in [6.45, 7) is 3.00. The Morgan fingerprint density at radius 2 is 1.03 bits per heavy atom. The van der Waals surface area contributed by atoms with E-state index in [0.717, 1.165) is 5.56 Å². The first-order valence-corrected chi connectivity index (χ1v) is 17.6. The summed E-state index contributed by atoms with van der Waals surface area (Å²) in [6.07, 6.45) is 5.01. The van der Waals surface area contributed by atoms with Gasteiger partial charge in [-0.25, -0.2) is 4.79 Å². The highest BCUT2D eigenvalue weighted by molar-refractivity contribution is 6.46. The Bertz CT molecular complexity index is 2090. The van der Waals surface area contributed by atoms with Crippen molar-refractivity contribution in [3.63, 3.8) is 0 Å². The van der Waals surface area contributed by atoms with Crippen LogP contribution in [0.3, 0.4) is 0 Å². The molecule has 0 bridgehead atoms. The summed E-state index contributed by atoms with van der Waals surface area (Å²) in [4.78, 5) is 69.4. The monoisotopic (exact) mass is 880 g/mol. The number of carboxylic acids is 2. The molecule has 0 saturated carbocycles. The summed E-state index contributed by atoms with van der Waals surface area (Å²) < 4.78 is 30.9. The first kappa shape index (κ1) is 59.6. The lowest BCUT2D eigenvalue weighted by Gasteiger charge is -2.18. The largest absolute Gasteiger partial charge is 0.504 e. The molecule has 5 rings (SSSR count). The summed E-state index contributed by atoms with van der Waals surface area (Å²) in [5, 5.41) is 34.9. The fourth-order valence-electron chi connectivity index (χ4n) is 4.25. The lowest BCUT2D eigenvalue weighted by Crippen LogP contribution is -2.31. The van der Waals surface area contributed by atoms with Gasteiger partial charge >= 0.3 is 18.1 Å². The second-order valence-corrected chi connectivity index (χ2v) is 11.3. The third-order valence-electron chi connectivity index (χ3n) is 7.36. The number of phenols is 1. The molecule has 0 fully saturated rings. The van der Waals surface area contributed by atoms with Gasteiger partial charge in [-0.15, -0.1) is 0 Å². The van der Waals surface area contributed by atoms with Gasteiger partial charge in [0.1, 0.15) is 5.75 Å². The molecule has 4 aromatic carbocycles. The van der Waals surface area contributed by atoms with E-state index < -0.39 is 36.2 Å². The molecule has 1 aliphatic carbocycles. The number of allylic oxidation sites excluding steroid dienone is 4. The molecule has 4 N–H and O–H groups in total. The molecule has 0 radical (unpaired) electrons. The molecule has 0 aromatic heterocycles. The molecule has 1 aliphatic rings. The fourth-order valence-corrected chi connectivity index (χ4v) is 4.25. The summed E-state index contributed by atoms with van der Waals surface area (Å²) in [7, 11) is 7.55. The number of ketones is 3. The smallest absolute Gasteiger partial charge is 0.373 e. The molecule has 0 amide bonds. The molecule has 17 heteroatoms. The van der Waals surface area contributed by atoms with E-state index >= 15 is 0 Å². The van der Waals surface area contributed by atoms with Crippen LogP contribution in [-0.2, 0) is 24.0 Å². The van der Waals surface area contributed by atoms with Crippen LogP contribution < -0.4 is 28.4 Å². The number of rotatable bonds is 12. The van der Waals surface area contributed by atoms with E-state index in [-0.39, 0.29) is 44.5 Å². The standard InChI is InChI=1S/C18H20O6.C9H10O3.C7H8O2.C6H4O2.C3H6O2.CO2.2CH4/c1-21-13-6-4-5-7-15(13)24-17(11-19)18(20)12-8-9-14(22-2)16(10-12)23-3;1-6-3-4-7(9(10)11)5-8(6)12-2;1-9-7-5-3-2-4-6(7)8;7-5-3-1-2-4-6(5)8;1-2-3(4)5;2-1-3;;/h4-10,17,19H,11H2,1-3H3;3-5H,1-2H3,(H,10,11);2-5,8H,1H3;1-4H;2H2,1H3,(H,4,5);;2*1H4. The molecule has 0 spiro atoms. The highest BCUT2D eigenvalue weighted by Gasteiger charge is 2.24. The average Bonchev–Trinajstić information content (AvgIpc) is 3.27. The van der Waals surface area contributed by atoms with Gasteiger partial charge < -0.3 is 48.8 Å². The normalized spacial score (nSPS) is 10.4. The number of hydrogen-bond acceptors (Lipinski definition) is 15. The van der Waals surface area contributed by atoms with Crippen LogP contribution in [0, 0.1) is 6.92 Å². The minimum atomic E-state index is -1.06. The van der Waals surface area contributed by atoms with Crippen molar-refractivity contribution in [2.75, 3.05) is 42.2 Å². The Hall–Kier alpha value is -7.75. The third kappa shape index (κ3) is 22.4. The number of ether oxygens (including phenoxy) is 6. The zero-order valence-electron chi connectivity index (χ0n) is 34.5. The van der Waals surface area contributed by atoms with Crippen LogP contribution in [0.1, 0.15) is 54.5 Å². The van der Waals surface area contributed by atoms with Crippen molar-refractivity contribution < 1.29 is 82.4 Å². The van der Waals surface area contributed by atoms with Crippen LogP contribution in [0.5, 0.6) is 40.2 Å². The maximum absolute atomic E-state index is 12.6. The van der Waals surface area contributed by atoms with Gasteiger partial charge in [-0.3, -0.25) is 19.2 Å². The highest BCUT2D eigenvalue weighted by atomic mass is 16.5. The van der Waals surface area contributed by atoms with Crippen LogP contribution in [-0.4, -0.2) is 104 Å².